The van der Waals surface area contributed by atoms with Crippen molar-refractivity contribution in [3.63, 3.8) is 0 Å². The van der Waals surface area contributed by atoms with Crippen LogP contribution in [0.15, 0.2) is 0 Å². The molecule has 2 saturated carbocycles. The summed E-state index contributed by atoms with van der Waals surface area (Å²) in [6.45, 7) is 1.84. The zero-order valence-corrected chi connectivity index (χ0v) is 18.6. The van der Waals surface area contributed by atoms with Gasteiger partial charge in [0.1, 0.15) is 0 Å². The fourth-order valence-corrected chi connectivity index (χ4v) is 11.1. The maximum atomic E-state index is 12.1. The first-order valence-electron chi connectivity index (χ1n) is 9.69. The summed E-state index contributed by atoms with van der Waals surface area (Å²) in [7, 11) is 0. The fraction of sp³-hybridized carbons (Fsp3) is 0.944. The van der Waals surface area contributed by atoms with Gasteiger partial charge in [-0.25, -0.2) is 0 Å². The predicted octanol–water partition coefficient (Wildman–Crippen LogP) is 2.65. The SMILES string of the molecule is CCC(=O)NN(C1CCCCC1O)C1CCC[CH]([Sn]([CH3])([CH3])[CH3])C1O. The summed E-state index contributed by atoms with van der Waals surface area (Å²) < 4.78 is 0.416. The topological polar surface area (TPSA) is 72.8 Å². The van der Waals surface area contributed by atoms with Gasteiger partial charge >= 0.3 is 151 Å². The number of amides is 1. The Hall–Kier alpha value is 0.149. The molecule has 0 radical (unpaired) electrons. The van der Waals surface area contributed by atoms with E-state index >= 15 is 0 Å². The number of hydrazine groups is 1. The van der Waals surface area contributed by atoms with E-state index in [1.165, 1.54) is 0 Å². The first-order valence-corrected chi connectivity index (χ1v) is 19.9. The molecule has 0 heterocycles. The van der Waals surface area contributed by atoms with E-state index in [-0.39, 0.29) is 24.1 Å². The third-order valence-electron chi connectivity index (χ3n) is 5.92. The molecule has 0 aromatic heterocycles. The van der Waals surface area contributed by atoms with Crippen molar-refractivity contribution in [1.29, 1.82) is 0 Å². The first-order chi connectivity index (χ1) is 11.3. The number of nitrogens with one attached hydrogen (secondary N) is 1. The number of hydrogen-bond donors (Lipinski definition) is 3. The van der Waals surface area contributed by atoms with Gasteiger partial charge in [0.2, 0.25) is 0 Å². The Bertz CT molecular complexity index is 427. The molecule has 24 heavy (non-hydrogen) atoms. The van der Waals surface area contributed by atoms with Crippen LogP contribution in [0.25, 0.3) is 0 Å². The van der Waals surface area contributed by atoms with Crippen molar-refractivity contribution in [1.82, 2.24) is 10.4 Å². The molecule has 0 saturated heterocycles. The number of hydrogen-bond acceptors (Lipinski definition) is 4. The summed E-state index contributed by atoms with van der Waals surface area (Å²) in [6.07, 6.45) is 6.51. The van der Waals surface area contributed by atoms with Crippen LogP contribution in [0.4, 0.5) is 0 Å². The molecule has 2 fully saturated rings. The van der Waals surface area contributed by atoms with E-state index < -0.39 is 24.5 Å². The van der Waals surface area contributed by atoms with E-state index in [2.05, 4.69) is 20.2 Å². The fourth-order valence-electron chi connectivity index (χ4n) is 4.46. The average Bonchev–Trinajstić information content (AvgIpc) is 2.52. The van der Waals surface area contributed by atoms with Gasteiger partial charge in [0.25, 0.3) is 0 Å². The Morgan fingerprint density at radius 1 is 1.04 bits per heavy atom. The summed E-state index contributed by atoms with van der Waals surface area (Å²) in [6, 6.07) is -0.129. The van der Waals surface area contributed by atoms with E-state index in [1.54, 1.807) is 0 Å². The standard InChI is InChI=1S/C15H27N2O3.3CH3.Sn/c1-2-15(20)16-17(11-7-3-5-9-13(11)18)12-8-4-6-10-14(12)19;;;;/h9,11-14,18-19H,2-8,10H2,1H3,(H,16,20);3*1H3;. The van der Waals surface area contributed by atoms with Crippen LogP contribution in [0.5, 0.6) is 0 Å². The van der Waals surface area contributed by atoms with Gasteiger partial charge in [0.05, 0.1) is 0 Å². The molecule has 5 nitrogen and oxygen atoms in total. The van der Waals surface area contributed by atoms with E-state index in [0.717, 1.165) is 44.9 Å². The summed E-state index contributed by atoms with van der Waals surface area (Å²) in [5, 5.41) is 23.6. The van der Waals surface area contributed by atoms with Crippen molar-refractivity contribution in [2.75, 3.05) is 0 Å². The number of carbonyl (C=O) groups excluding carboxylic acids is 1. The van der Waals surface area contributed by atoms with Crippen LogP contribution < -0.4 is 5.43 Å². The molecule has 2 aliphatic carbocycles. The van der Waals surface area contributed by atoms with E-state index in [9.17, 15) is 15.0 Å². The molecule has 5 atom stereocenters. The van der Waals surface area contributed by atoms with E-state index in [0.29, 0.717) is 10.4 Å². The van der Waals surface area contributed by atoms with Crippen molar-refractivity contribution in [3.8, 4) is 0 Å². The quantitative estimate of drug-likeness (QED) is 0.448. The maximum absolute atomic E-state index is 12.1. The van der Waals surface area contributed by atoms with E-state index in [4.69, 9.17) is 0 Å². The molecule has 0 aliphatic heterocycles. The van der Waals surface area contributed by atoms with E-state index in [1.807, 2.05) is 11.9 Å². The molecule has 0 aromatic carbocycles. The van der Waals surface area contributed by atoms with Crippen LogP contribution in [0.3, 0.4) is 0 Å². The molecule has 2 aliphatic rings. The Morgan fingerprint density at radius 2 is 1.67 bits per heavy atom. The van der Waals surface area contributed by atoms with Crippen LogP contribution in [0.1, 0.15) is 58.3 Å². The van der Waals surface area contributed by atoms with Crippen LogP contribution in [-0.2, 0) is 4.79 Å². The summed E-state index contributed by atoms with van der Waals surface area (Å²) >= 11 is -2.24. The molecule has 6 heteroatoms. The molecule has 1 amide bonds. The molecular weight excluding hydrogens is 411 g/mol. The van der Waals surface area contributed by atoms with Gasteiger partial charge in [-0.05, 0) is 0 Å². The van der Waals surface area contributed by atoms with Crippen molar-refractivity contribution in [2.24, 2.45) is 0 Å². The van der Waals surface area contributed by atoms with Crippen molar-refractivity contribution < 1.29 is 15.0 Å². The summed E-state index contributed by atoms with van der Waals surface area (Å²) in [5.74, 6) is -0.0265. The van der Waals surface area contributed by atoms with Crippen molar-refractivity contribution in [3.05, 3.63) is 0 Å². The second kappa shape index (κ2) is 8.69. The zero-order chi connectivity index (χ0) is 17.9. The van der Waals surface area contributed by atoms with Crippen molar-refractivity contribution >= 4 is 24.3 Å². The van der Waals surface area contributed by atoms with Gasteiger partial charge < -0.3 is 0 Å². The Morgan fingerprint density at radius 3 is 2.25 bits per heavy atom. The second-order valence-electron chi connectivity index (χ2n) is 8.68. The van der Waals surface area contributed by atoms with Crippen LogP contribution in [0, 0.1) is 0 Å². The number of carbonyl (C=O) groups is 1. The van der Waals surface area contributed by atoms with Gasteiger partial charge in [0, 0.05) is 0 Å². The molecule has 5 unspecified atom stereocenters. The minimum atomic E-state index is -2.24. The molecule has 140 valence electrons. The molecule has 0 spiro atoms. The third kappa shape index (κ3) is 4.86. The Kier molecular flexibility index (Phi) is 7.41. The van der Waals surface area contributed by atoms with Crippen LogP contribution in [-0.4, -0.2) is 63.8 Å². The third-order valence-corrected chi connectivity index (χ3v) is 14.1. The number of aliphatic hydroxyl groups is 2. The second-order valence-corrected chi connectivity index (χ2v) is 24.3. The normalized spacial score (nSPS) is 35.0. The average molecular weight is 447 g/mol. The van der Waals surface area contributed by atoms with Crippen LogP contribution in [0.2, 0.25) is 18.8 Å². The summed E-state index contributed by atoms with van der Waals surface area (Å²) in [4.78, 5) is 19.2. The molecule has 0 aromatic rings. The van der Waals surface area contributed by atoms with Gasteiger partial charge in [-0.1, -0.05) is 0 Å². The number of rotatable bonds is 5. The first kappa shape index (κ1) is 20.5. The minimum absolute atomic E-state index is 0.0265. The molecular formula is C18H36N2O3Sn. The van der Waals surface area contributed by atoms with Gasteiger partial charge in [-0.3, -0.25) is 0 Å². The zero-order valence-electron chi connectivity index (χ0n) is 15.8. The summed E-state index contributed by atoms with van der Waals surface area (Å²) in [5.41, 5.74) is 3.04. The van der Waals surface area contributed by atoms with Gasteiger partial charge in [-0.2, -0.15) is 0 Å². The Labute approximate surface area is 151 Å². The number of aliphatic hydroxyl groups excluding tert-OH is 2. The molecule has 0 bridgehead atoms. The number of nitrogens with zero attached hydrogens (tertiary/aromatic N) is 1. The monoisotopic (exact) mass is 448 g/mol. The molecule has 3 N–H and O–H groups in total. The van der Waals surface area contributed by atoms with Crippen LogP contribution >= 0.6 is 0 Å². The van der Waals surface area contributed by atoms with Crippen molar-refractivity contribution in [2.45, 2.75) is 101 Å². The van der Waals surface area contributed by atoms with Gasteiger partial charge in [-0.15, -0.1) is 0 Å². The Balaban J connectivity index is 2.22. The predicted molar refractivity (Wildman–Crippen MR) is 99.3 cm³/mol. The van der Waals surface area contributed by atoms with Gasteiger partial charge in [0.15, 0.2) is 0 Å². The molecule has 2 rings (SSSR count).